The van der Waals surface area contributed by atoms with Gasteiger partial charge in [0.2, 0.25) is 5.91 Å². The quantitative estimate of drug-likeness (QED) is 0.842. The van der Waals surface area contributed by atoms with Crippen molar-refractivity contribution in [3.63, 3.8) is 0 Å². The Morgan fingerprint density at radius 2 is 2.06 bits per heavy atom. The molecule has 0 radical (unpaired) electrons. The molecule has 1 unspecified atom stereocenters. The van der Waals surface area contributed by atoms with E-state index in [9.17, 15) is 9.18 Å². The van der Waals surface area contributed by atoms with Gasteiger partial charge in [-0.05, 0) is 26.8 Å². The van der Waals surface area contributed by atoms with Crippen molar-refractivity contribution in [1.29, 1.82) is 0 Å². The lowest BCUT2D eigenvalue weighted by Gasteiger charge is -2.24. The largest absolute Gasteiger partial charge is 0.349 e. The van der Waals surface area contributed by atoms with Crippen molar-refractivity contribution < 1.29 is 9.18 Å². The standard InChI is InChI=1S/C13H19FN2O/c1-9(10-6-4-5-7-11(10)14)16-12(17)13(2,3)8-15/h4-7,9H,8,15H2,1-3H3,(H,16,17). The molecule has 0 spiro atoms. The van der Waals surface area contributed by atoms with E-state index in [0.717, 1.165) is 0 Å². The van der Waals surface area contributed by atoms with Gasteiger partial charge >= 0.3 is 0 Å². The van der Waals surface area contributed by atoms with Crippen LogP contribution in [0, 0.1) is 11.2 Å². The lowest BCUT2D eigenvalue weighted by molar-refractivity contribution is -0.129. The molecule has 0 saturated carbocycles. The van der Waals surface area contributed by atoms with E-state index >= 15 is 0 Å². The van der Waals surface area contributed by atoms with Crippen LogP contribution in [-0.4, -0.2) is 12.5 Å². The van der Waals surface area contributed by atoms with Gasteiger partial charge in [-0.25, -0.2) is 4.39 Å². The van der Waals surface area contributed by atoms with Crippen LogP contribution in [0.5, 0.6) is 0 Å². The fraction of sp³-hybridized carbons (Fsp3) is 0.462. The molecule has 0 fully saturated rings. The van der Waals surface area contributed by atoms with Gasteiger partial charge in [0.15, 0.2) is 0 Å². The van der Waals surface area contributed by atoms with Gasteiger partial charge in [-0.15, -0.1) is 0 Å². The number of nitrogens with two attached hydrogens (primary N) is 1. The molecule has 0 heterocycles. The van der Waals surface area contributed by atoms with Gasteiger partial charge in [-0.3, -0.25) is 4.79 Å². The molecule has 1 rings (SSSR count). The molecule has 1 amide bonds. The molecule has 0 aliphatic rings. The van der Waals surface area contributed by atoms with Crippen LogP contribution in [0.1, 0.15) is 32.4 Å². The van der Waals surface area contributed by atoms with Crippen LogP contribution in [0.2, 0.25) is 0 Å². The van der Waals surface area contributed by atoms with Crippen LogP contribution in [0.15, 0.2) is 24.3 Å². The van der Waals surface area contributed by atoms with E-state index in [1.807, 2.05) is 0 Å². The number of nitrogens with one attached hydrogen (secondary N) is 1. The minimum Gasteiger partial charge on any atom is -0.349 e. The summed E-state index contributed by atoms with van der Waals surface area (Å²) in [6.07, 6.45) is 0. The van der Waals surface area contributed by atoms with Crippen molar-refractivity contribution in [3.8, 4) is 0 Å². The maximum Gasteiger partial charge on any atom is 0.227 e. The number of carbonyl (C=O) groups excluding carboxylic acids is 1. The molecule has 0 aromatic heterocycles. The van der Waals surface area contributed by atoms with Crippen molar-refractivity contribution >= 4 is 5.91 Å². The van der Waals surface area contributed by atoms with Gasteiger partial charge < -0.3 is 11.1 Å². The van der Waals surface area contributed by atoms with Gasteiger partial charge in [0.05, 0.1) is 11.5 Å². The summed E-state index contributed by atoms with van der Waals surface area (Å²) >= 11 is 0. The highest BCUT2D eigenvalue weighted by Crippen LogP contribution is 2.19. The van der Waals surface area contributed by atoms with E-state index in [1.165, 1.54) is 6.07 Å². The summed E-state index contributed by atoms with van der Waals surface area (Å²) in [6, 6.07) is 6.04. The second-order valence-electron chi connectivity index (χ2n) is 4.80. The summed E-state index contributed by atoms with van der Waals surface area (Å²) in [7, 11) is 0. The van der Waals surface area contributed by atoms with Crippen molar-refractivity contribution in [1.82, 2.24) is 5.32 Å². The molecule has 0 aliphatic carbocycles. The first-order valence-electron chi connectivity index (χ1n) is 5.64. The number of carbonyl (C=O) groups is 1. The van der Waals surface area contributed by atoms with Gasteiger partial charge in [0.25, 0.3) is 0 Å². The Kier molecular flexibility index (Phi) is 4.23. The number of hydrogen-bond donors (Lipinski definition) is 2. The topological polar surface area (TPSA) is 55.1 Å². The third kappa shape index (κ3) is 3.27. The number of halogens is 1. The highest BCUT2D eigenvalue weighted by atomic mass is 19.1. The summed E-state index contributed by atoms with van der Waals surface area (Å²) in [6.45, 7) is 5.53. The van der Waals surface area contributed by atoms with Crippen LogP contribution in [0.4, 0.5) is 4.39 Å². The Bertz CT molecular complexity index is 404. The van der Waals surface area contributed by atoms with E-state index in [4.69, 9.17) is 5.73 Å². The SMILES string of the molecule is CC(NC(=O)C(C)(C)CN)c1ccccc1F. The van der Waals surface area contributed by atoms with Crippen LogP contribution < -0.4 is 11.1 Å². The van der Waals surface area contributed by atoms with Crippen molar-refractivity contribution in [3.05, 3.63) is 35.6 Å². The monoisotopic (exact) mass is 238 g/mol. The summed E-state index contributed by atoms with van der Waals surface area (Å²) < 4.78 is 13.5. The molecular formula is C13H19FN2O. The fourth-order valence-electron chi connectivity index (χ4n) is 1.39. The van der Waals surface area contributed by atoms with E-state index in [1.54, 1.807) is 39.0 Å². The molecule has 3 N–H and O–H groups in total. The predicted octanol–water partition coefficient (Wildman–Crippen LogP) is 1.99. The van der Waals surface area contributed by atoms with E-state index in [2.05, 4.69) is 5.32 Å². The summed E-state index contributed by atoms with van der Waals surface area (Å²) in [4.78, 5) is 11.9. The fourth-order valence-corrected chi connectivity index (χ4v) is 1.39. The molecular weight excluding hydrogens is 219 g/mol. The van der Waals surface area contributed by atoms with Crippen LogP contribution >= 0.6 is 0 Å². The van der Waals surface area contributed by atoms with Crippen LogP contribution in [0.3, 0.4) is 0 Å². The molecule has 0 aliphatic heterocycles. The maximum atomic E-state index is 13.5. The molecule has 0 bridgehead atoms. The van der Waals surface area contributed by atoms with Crippen molar-refractivity contribution in [2.45, 2.75) is 26.8 Å². The number of benzene rings is 1. The number of rotatable bonds is 4. The Morgan fingerprint density at radius 3 is 2.59 bits per heavy atom. The molecule has 4 heteroatoms. The number of hydrogen-bond acceptors (Lipinski definition) is 2. The van der Waals surface area contributed by atoms with Crippen molar-refractivity contribution in [2.75, 3.05) is 6.54 Å². The first-order valence-corrected chi connectivity index (χ1v) is 5.64. The number of amides is 1. The first kappa shape index (κ1) is 13.6. The maximum absolute atomic E-state index is 13.5. The lowest BCUT2D eigenvalue weighted by atomic mass is 9.92. The summed E-state index contributed by atoms with van der Waals surface area (Å²) in [5, 5.41) is 2.77. The second-order valence-corrected chi connectivity index (χ2v) is 4.80. The normalized spacial score (nSPS) is 13.2. The predicted molar refractivity (Wildman–Crippen MR) is 65.8 cm³/mol. The minimum atomic E-state index is -0.639. The minimum absolute atomic E-state index is 0.171. The highest BCUT2D eigenvalue weighted by molar-refractivity contribution is 5.82. The van der Waals surface area contributed by atoms with Crippen LogP contribution in [0.25, 0.3) is 0 Å². The zero-order valence-electron chi connectivity index (χ0n) is 10.5. The second kappa shape index (κ2) is 5.27. The molecule has 0 saturated heterocycles. The zero-order valence-corrected chi connectivity index (χ0v) is 10.5. The molecule has 1 aromatic rings. The summed E-state index contributed by atoms with van der Waals surface area (Å²) in [5.41, 5.74) is 5.36. The molecule has 94 valence electrons. The van der Waals surface area contributed by atoms with Gasteiger partial charge in [-0.2, -0.15) is 0 Å². The Hall–Kier alpha value is -1.42. The Morgan fingerprint density at radius 1 is 1.47 bits per heavy atom. The lowest BCUT2D eigenvalue weighted by Crippen LogP contribution is -2.42. The molecule has 3 nitrogen and oxygen atoms in total. The average Bonchev–Trinajstić information content (AvgIpc) is 2.29. The Labute approximate surface area is 101 Å². The van der Waals surface area contributed by atoms with E-state index < -0.39 is 5.41 Å². The van der Waals surface area contributed by atoms with Gasteiger partial charge in [0.1, 0.15) is 5.82 Å². The first-order chi connectivity index (χ1) is 7.88. The third-order valence-corrected chi connectivity index (χ3v) is 2.84. The average molecular weight is 238 g/mol. The van der Waals surface area contributed by atoms with Crippen LogP contribution in [-0.2, 0) is 4.79 Å². The smallest absolute Gasteiger partial charge is 0.227 e. The Balaban J connectivity index is 2.77. The van der Waals surface area contributed by atoms with E-state index in [0.29, 0.717) is 5.56 Å². The zero-order chi connectivity index (χ0) is 13.1. The molecule has 1 atom stereocenters. The van der Waals surface area contributed by atoms with Crippen molar-refractivity contribution in [2.24, 2.45) is 11.1 Å². The van der Waals surface area contributed by atoms with Gasteiger partial charge in [0, 0.05) is 12.1 Å². The van der Waals surface area contributed by atoms with E-state index in [-0.39, 0.29) is 24.3 Å². The molecule has 17 heavy (non-hydrogen) atoms. The third-order valence-electron chi connectivity index (χ3n) is 2.84. The summed E-state index contributed by atoms with van der Waals surface area (Å²) in [5.74, 6) is -0.485. The highest BCUT2D eigenvalue weighted by Gasteiger charge is 2.27. The van der Waals surface area contributed by atoms with Gasteiger partial charge in [-0.1, -0.05) is 18.2 Å². The molecule has 1 aromatic carbocycles.